The third-order valence-corrected chi connectivity index (χ3v) is 6.57. The number of rotatable bonds is 1. The van der Waals surface area contributed by atoms with Gasteiger partial charge >= 0.3 is 0 Å². The molecule has 4 aliphatic rings. The van der Waals surface area contributed by atoms with Crippen molar-refractivity contribution in [2.75, 3.05) is 13.2 Å². The average molecular weight is 282 g/mol. The third-order valence-electron chi connectivity index (χ3n) is 6.57. The molecule has 2 aliphatic heterocycles. The van der Waals surface area contributed by atoms with Gasteiger partial charge in [0, 0.05) is 10.8 Å². The number of aliphatic hydroxyl groups is 3. The van der Waals surface area contributed by atoms with Gasteiger partial charge in [0.05, 0.1) is 25.4 Å². The van der Waals surface area contributed by atoms with Crippen molar-refractivity contribution >= 4 is 0 Å². The molecule has 0 radical (unpaired) electrons. The van der Waals surface area contributed by atoms with Crippen molar-refractivity contribution in [1.29, 1.82) is 0 Å². The third kappa shape index (κ3) is 1.12. The van der Waals surface area contributed by atoms with E-state index in [0.29, 0.717) is 6.61 Å². The van der Waals surface area contributed by atoms with Crippen LogP contribution in [0.25, 0.3) is 0 Å². The maximum atomic E-state index is 10.7. The molecule has 5 heteroatoms. The smallest absolute Gasteiger partial charge is 0.129 e. The summed E-state index contributed by atoms with van der Waals surface area (Å²) in [5.74, 6) is 0. The number of hydrogen-bond donors (Lipinski definition) is 3. The highest BCUT2D eigenvalue weighted by Gasteiger charge is 2.84. The van der Waals surface area contributed by atoms with Crippen molar-refractivity contribution in [3.8, 4) is 0 Å². The molecule has 112 valence electrons. The van der Waals surface area contributed by atoms with Gasteiger partial charge in [0.2, 0.25) is 0 Å². The Morgan fingerprint density at radius 1 is 1.40 bits per heavy atom. The zero-order valence-electron chi connectivity index (χ0n) is 11.9. The second kappa shape index (κ2) is 3.65. The second-order valence-corrected chi connectivity index (χ2v) is 7.12. The molecular weight excluding hydrogens is 260 g/mol. The van der Waals surface area contributed by atoms with Gasteiger partial charge in [-0.3, -0.25) is 0 Å². The van der Waals surface area contributed by atoms with Crippen molar-refractivity contribution in [2.45, 2.75) is 56.7 Å². The predicted molar refractivity (Wildman–Crippen MR) is 70.0 cm³/mol. The lowest BCUT2D eigenvalue weighted by Crippen LogP contribution is -2.66. The van der Waals surface area contributed by atoms with Gasteiger partial charge in [-0.15, -0.1) is 0 Å². The van der Waals surface area contributed by atoms with Gasteiger partial charge in [-0.05, 0) is 19.8 Å². The van der Waals surface area contributed by atoms with Crippen molar-refractivity contribution in [1.82, 2.24) is 0 Å². The number of ether oxygens (including phenoxy) is 2. The van der Waals surface area contributed by atoms with Crippen LogP contribution < -0.4 is 0 Å². The monoisotopic (exact) mass is 282 g/mol. The van der Waals surface area contributed by atoms with E-state index >= 15 is 0 Å². The molecule has 1 spiro atoms. The van der Waals surface area contributed by atoms with E-state index in [1.807, 2.05) is 13.0 Å². The molecule has 7 atom stereocenters. The van der Waals surface area contributed by atoms with Crippen LogP contribution in [0.1, 0.15) is 26.7 Å². The second-order valence-electron chi connectivity index (χ2n) is 7.12. The molecule has 3 N–H and O–H groups in total. The molecule has 0 amide bonds. The van der Waals surface area contributed by atoms with E-state index in [2.05, 4.69) is 6.92 Å². The van der Waals surface area contributed by atoms with E-state index in [0.717, 1.165) is 12.8 Å². The van der Waals surface area contributed by atoms with Crippen LogP contribution in [0.2, 0.25) is 0 Å². The highest BCUT2D eigenvalue weighted by Crippen LogP contribution is 2.71. The number of aliphatic hydroxyl groups excluding tert-OH is 3. The maximum Gasteiger partial charge on any atom is 0.129 e. The van der Waals surface area contributed by atoms with Crippen molar-refractivity contribution < 1.29 is 24.8 Å². The number of hydrogen-bond acceptors (Lipinski definition) is 5. The molecule has 5 nitrogen and oxygen atoms in total. The van der Waals surface area contributed by atoms with E-state index in [-0.39, 0.29) is 12.7 Å². The highest BCUT2D eigenvalue weighted by atomic mass is 16.6. The summed E-state index contributed by atoms with van der Waals surface area (Å²) in [5.41, 5.74) is -0.668. The SMILES string of the molecule is CC1=CC2O[C@@H]3[C@H](O)[C@@H](O)[C@@](C)(C34CO4)[C@@]2(CO)CC1. The zero-order valence-corrected chi connectivity index (χ0v) is 11.9. The Morgan fingerprint density at radius 2 is 2.10 bits per heavy atom. The Bertz CT molecular complexity index is 485. The van der Waals surface area contributed by atoms with Crippen LogP contribution >= 0.6 is 0 Å². The first-order chi connectivity index (χ1) is 9.43. The minimum absolute atomic E-state index is 0.0699. The summed E-state index contributed by atoms with van der Waals surface area (Å²) in [5, 5.41) is 31.2. The molecule has 2 saturated heterocycles. The molecule has 0 aromatic heterocycles. The largest absolute Gasteiger partial charge is 0.396 e. The molecule has 2 aliphatic carbocycles. The van der Waals surface area contributed by atoms with Gasteiger partial charge < -0.3 is 24.8 Å². The molecule has 2 bridgehead atoms. The van der Waals surface area contributed by atoms with Crippen molar-refractivity contribution in [3.05, 3.63) is 11.6 Å². The maximum absolute atomic E-state index is 10.7. The number of fused-ring (bicyclic) bond motifs is 2. The number of epoxide rings is 1. The van der Waals surface area contributed by atoms with Gasteiger partial charge in [-0.1, -0.05) is 18.6 Å². The zero-order chi connectivity index (χ0) is 14.3. The number of allylic oxidation sites excluding steroid dienone is 1. The van der Waals surface area contributed by atoms with Crippen LogP contribution in [0.15, 0.2) is 11.6 Å². The normalized spacial score (nSPS) is 60.4. The summed E-state index contributed by atoms with van der Waals surface area (Å²) in [6.45, 7) is 4.42. The van der Waals surface area contributed by atoms with Crippen molar-refractivity contribution in [2.24, 2.45) is 10.8 Å². The Morgan fingerprint density at radius 3 is 2.70 bits per heavy atom. The topological polar surface area (TPSA) is 82.5 Å². The molecule has 0 aromatic rings. The van der Waals surface area contributed by atoms with Gasteiger partial charge in [0.15, 0.2) is 0 Å². The van der Waals surface area contributed by atoms with Crippen molar-refractivity contribution in [3.63, 3.8) is 0 Å². The van der Waals surface area contributed by atoms with E-state index in [1.54, 1.807) is 0 Å². The standard InChI is InChI=1S/C15H22O5/c1-8-3-4-14(6-16)9(5-8)20-12-10(17)11(18)13(14,2)15(12)7-19-15/h5,9-12,16-18H,3-4,6-7H2,1-2H3/t9?,10-,11-,12-,13-,14-,15?/m1/s1. The average Bonchev–Trinajstić information content (AvgIpc) is 3.21. The minimum Gasteiger partial charge on any atom is -0.396 e. The first-order valence-electron chi connectivity index (χ1n) is 7.37. The Labute approximate surface area is 118 Å². The molecule has 3 fully saturated rings. The fraction of sp³-hybridized carbons (Fsp3) is 0.867. The van der Waals surface area contributed by atoms with E-state index in [1.165, 1.54) is 5.57 Å². The molecule has 2 unspecified atom stereocenters. The Balaban J connectivity index is 1.91. The molecule has 1 saturated carbocycles. The van der Waals surface area contributed by atoms with Crippen LogP contribution in [0, 0.1) is 10.8 Å². The van der Waals surface area contributed by atoms with E-state index < -0.39 is 34.7 Å². The molecular formula is C15H22O5. The Kier molecular flexibility index (Phi) is 2.41. The predicted octanol–water partition coefficient (Wildman–Crippen LogP) is -0.0167. The summed E-state index contributed by atoms with van der Waals surface area (Å²) in [7, 11) is 0. The molecule has 20 heavy (non-hydrogen) atoms. The van der Waals surface area contributed by atoms with Gasteiger partial charge in [-0.2, -0.15) is 0 Å². The van der Waals surface area contributed by atoms with Gasteiger partial charge in [0.25, 0.3) is 0 Å². The summed E-state index contributed by atoms with van der Waals surface area (Å²) in [4.78, 5) is 0. The van der Waals surface area contributed by atoms with Gasteiger partial charge in [0.1, 0.15) is 17.8 Å². The van der Waals surface area contributed by atoms with E-state index in [4.69, 9.17) is 9.47 Å². The fourth-order valence-electron chi connectivity index (χ4n) is 5.06. The Hall–Kier alpha value is -0.460. The first-order valence-corrected chi connectivity index (χ1v) is 7.37. The summed E-state index contributed by atoms with van der Waals surface area (Å²) >= 11 is 0. The molecule has 4 rings (SSSR count). The molecule has 2 heterocycles. The minimum atomic E-state index is -0.953. The van der Waals surface area contributed by atoms with Crippen LogP contribution in [-0.2, 0) is 9.47 Å². The summed E-state index contributed by atoms with van der Waals surface area (Å²) < 4.78 is 11.8. The quantitative estimate of drug-likeness (QED) is 0.465. The highest BCUT2D eigenvalue weighted by molar-refractivity contribution is 5.34. The lowest BCUT2D eigenvalue weighted by atomic mass is 9.51. The van der Waals surface area contributed by atoms with Crippen LogP contribution in [0.3, 0.4) is 0 Å². The van der Waals surface area contributed by atoms with Crippen LogP contribution in [-0.4, -0.2) is 58.6 Å². The lowest BCUT2D eigenvalue weighted by molar-refractivity contribution is -0.226. The van der Waals surface area contributed by atoms with Crippen LogP contribution in [0.4, 0.5) is 0 Å². The van der Waals surface area contributed by atoms with E-state index in [9.17, 15) is 15.3 Å². The summed E-state index contributed by atoms with van der Waals surface area (Å²) in [6.07, 6.45) is 1.01. The lowest BCUT2D eigenvalue weighted by Gasteiger charge is -2.57. The molecule has 0 aromatic carbocycles. The van der Waals surface area contributed by atoms with Gasteiger partial charge in [-0.25, -0.2) is 0 Å². The van der Waals surface area contributed by atoms with Crippen LogP contribution in [0.5, 0.6) is 0 Å². The summed E-state index contributed by atoms with van der Waals surface area (Å²) in [6, 6.07) is 0. The first kappa shape index (κ1) is 13.2. The fourth-order valence-corrected chi connectivity index (χ4v) is 5.06.